The van der Waals surface area contributed by atoms with Crippen LogP contribution in [0.1, 0.15) is 29.0 Å². The van der Waals surface area contributed by atoms with Crippen molar-refractivity contribution in [3.8, 4) is 0 Å². The zero-order chi connectivity index (χ0) is 14.5. The first-order valence-corrected chi connectivity index (χ1v) is 6.17. The highest BCUT2D eigenvalue weighted by Crippen LogP contribution is 2.16. The second kappa shape index (κ2) is 6.10. The van der Waals surface area contributed by atoms with E-state index in [2.05, 4.69) is 20.6 Å². The average molecular weight is 274 g/mol. The predicted molar refractivity (Wildman–Crippen MR) is 73.9 cm³/mol. The minimum absolute atomic E-state index is 0.0446. The van der Waals surface area contributed by atoms with Gasteiger partial charge in [-0.3, -0.25) is 9.78 Å². The van der Waals surface area contributed by atoms with Crippen molar-refractivity contribution in [3.05, 3.63) is 53.7 Å². The lowest BCUT2D eigenvalue weighted by Gasteiger charge is -2.14. The summed E-state index contributed by atoms with van der Waals surface area (Å²) >= 11 is 0. The summed E-state index contributed by atoms with van der Waals surface area (Å²) in [5.41, 5.74) is 0.663. The second-order valence-corrected chi connectivity index (χ2v) is 4.22. The van der Waals surface area contributed by atoms with Crippen molar-refractivity contribution < 1.29 is 9.18 Å². The smallest absolute Gasteiger partial charge is 0.254 e. The van der Waals surface area contributed by atoms with Gasteiger partial charge in [0.15, 0.2) is 11.6 Å². The molecular formula is C14H15FN4O. The maximum atomic E-state index is 14.0. The van der Waals surface area contributed by atoms with E-state index in [4.69, 9.17) is 0 Å². The Labute approximate surface area is 116 Å². The number of amides is 1. The van der Waals surface area contributed by atoms with E-state index in [-0.39, 0.29) is 17.4 Å². The SMILES string of the molecule is CNc1nccc(C(=O)NC(C)c2ccccn2)c1F. The van der Waals surface area contributed by atoms with Crippen molar-refractivity contribution in [1.29, 1.82) is 0 Å². The molecule has 5 nitrogen and oxygen atoms in total. The monoisotopic (exact) mass is 274 g/mol. The highest BCUT2D eigenvalue weighted by molar-refractivity contribution is 5.95. The molecule has 0 aliphatic carbocycles. The fraction of sp³-hybridized carbons (Fsp3) is 0.214. The van der Waals surface area contributed by atoms with Crippen LogP contribution >= 0.6 is 0 Å². The zero-order valence-electron chi connectivity index (χ0n) is 11.2. The molecule has 2 aromatic rings. The van der Waals surface area contributed by atoms with Gasteiger partial charge < -0.3 is 10.6 Å². The topological polar surface area (TPSA) is 66.9 Å². The number of aromatic nitrogens is 2. The number of nitrogens with zero attached hydrogens (tertiary/aromatic N) is 2. The summed E-state index contributed by atoms with van der Waals surface area (Å²) in [5, 5.41) is 5.30. The molecule has 1 unspecified atom stereocenters. The van der Waals surface area contributed by atoms with Crippen LogP contribution in [-0.4, -0.2) is 22.9 Å². The Morgan fingerprint density at radius 3 is 2.70 bits per heavy atom. The Morgan fingerprint density at radius 2 is 2.05 bits per heavy atom. The second-order valence-electron chi connectivity index (χ2n) is 4.22. The molecule has 0 aliphatic heterocycles. The predicted octanol–water partition coefficient (Wildman–Crippen LogP) is 2.15. The third kappa shape index (κ3) is 2.90. The van der Waals surface area contributed by atoms with Crippen molar-refractivity contribution in [2.24, 2.45) is 0 Å². The van der Waals surface area contributed by atoms with Crippen LogP contribution in [0.3, 0.4) is 0 Å². The Hall–Kier alpha value is -2.50. The van der Waals surface area contributed by atoms with Crippen LogP contribution in [0.15, 0.2) is 36.7 Å². The summed E-state index contributed by atoms with van der Waals surface area (Å²) in [7, 11) is 1.55. The molecule has 2 N–H and O–H groups in total. The summed E-state index contributed by atoms with van der Waals surface area (Å²) in [6, 6.07) is 6.45. The molecule has 0 saturated carbocycles. The first-order chi connectivity index (χ1) is 9.63. The van der Waals surface area contributed by atoms with Gasteiger partial charge in [-0.25, -0.2) is 9.37 Å². The largest absolute Gasteiger partial charge is 0.371 e. The summed E-state index contributed by atoms with van der Waals surface area (Å²) in [6.45, 7) is 1.79. The first kappa shape index (κ1) is 13.9. The highest BCUT2D eigenvalue weighted by Gasteiger charge is 2.18. The maximum Gasteiger partial charge on any atom is 0.254 e. The molecule has 0 spiro atoms. The molecule has 0 aromatic carbocycles. The molecule has 0 saturated heterocycles. The Balaban J connectivity index is 2.17. The number of rotatable bonds is 4. The summed E-state index contributed by atoms with van der Waals surface area (Å²) < 4.78 is 14.0. The molecule has 1 atom stereocenters. The van der Waals surface area contributed by atoms with Crippen LogP contribution < -0.4 is 10.6 Å². The van der Waals surface area contributed by atoms with E-state index in [1.54, 1.807) is 32.3 Å². The molecule has 0 aliphatic rings. The number of carbonyl (C=O) groups excluding carboxylic acids is 1. The zero-order valence-corrected chi connectivity index (χ0v) is 11.2. The van der Waals surface area contributed by atoms with E-state index in [0.29, 0.717) is 5.69 Å². The van der Waals surface area contributed by atoms with E-state index >= 15 is 0 Å². The van der Waals surface area contributed by atoms with Crippen molar-refractivity contribution in [2.45, 2.75) is 13.0 Å². The lowest BCUT2D eigenvalue weighted by molar-refractivity contribution is 0.0935. The first-order valence-electron chi connectivity index (χ1n) is 6.17. The van der Waals surface area contributed by atoms with Crippen LogP contribution in [0.4, 0.5) is 10.2 Å². The van der Waals surface area contributed by atoms with Gasteiger partial charge in [0.25, 0.3) is 5.91 Å². The number of carbonyl (C=O) groups is 1. The average Bonchev–Trinajstić information content (AvgIpc) is 2.48. The molecule has 0 radical (unpaired) electrons. The third-order valence-electron chi connectivity index (χ3n) is 2.85. The van der Waals surface area contributed by atoms with Gasteiger partial charge in [-0.05, 0) is 25.1 Å². The number of anilines is 1. The molecule has 2 aromatic heterocycles. The van der Waals surface area contributed by atoms with Crippen molar-refractivity contribution in [3.63, 3.8) is 0 Å². The molecule has 104 valence electrons. The van der Waals surface area contributed by atoms with E-state index in [1.807, 2.05) is 6.07 Å². The van der Waals surface area contributed by atoms with Gasteiger partial charge in [0, 0.05) is 19.4 Å². The third-order valence-corrected chi connectivity index (χ3v) is 2.85. The molecule has 20 heavy (non-hydrogen) atoms. The van der Waals surface area contributed by atoms with E-state index in [1.165, 1.54) is 12.3 Å². The van der Waals surface area contributed by atoms with Gasteiger partial charge >= 0.3 is 0 Å². The van der Waals surface area contributed by atoms with Crippen LogP contribution in [0.2, 0.25) is 0 Å². The Morgan fingerprint density at radius 1 is 1.25 bits per heavy atom. The number of hydrogen-bond donors (Lipinski definition) is 2. The molecule has 2 rings (SSSR count). The number of nitrogens with one attached hydrogen (secondary N) is 2. The molecule has 6 heteroatoms. The van der Waals surface area contributed by atoms with Crippen LogP contribution in [0, 0.1) is 5.82 Å². The highest BCUT2D eigenvalue weighted by atomic mass is 19.1. The quantitative estimate of drug-likeness (QED) is 0.896. The van der Waals surface area contributed by atoms with E-state index in [9.17, 15) is 9.18 Å². The lowest BCUT2D eigenvalue weighted by Crippen LogP contribution is -2.28. The van der Waals surface area contributed by atoms with Gasteiger partial charge in [-0.1, -0.05) is 6.07 Å². The Kier molecular flexibility index (Phi) is 4.24. The van der Waals surface area contributed by atoms with Gasteiger partial charge in [-0.15, -0.1) is 0 Å². The van der Waals surface area contributed by atoms with Crippen LogP contribution in [0.25, 0.3) is 0 Å². The standard InChI is InChI=1S/C14H15FN4O/c1-9(11-5-3-4-7-17-11)19-14(20)10-6-8-18-13(16-2)12(10)15/h3-9H,1-2H3,(H,16,18)(H,19,20). The van der Waals surface area contributed by atoms with Gasteiger partial charge in [0.2, 0.25) is 0 Å². The van der Waals surface area contributed by atoms with E-state index < -0.39 is 11.7 Å². The van der Waals surface area contributed by atoms with Gasteiger partial charge in [-0.2, -0.15) is 0 Å². The maximum absolute atomic E-state index is 14.0. The summed E-state index contributed by atoms with van der Waals surface area (Å²) in [4.78, 5) is 20.0. The summed E-state index contributed by atoms with van der Waals surface area (Å²) in [5.74, 6) is -1.12. The van der Waals surface area contributed by atoms with Crippen LogP contribution in [0.5, 0.6) is 0 Å². The molecule has 1 amide bonds. The van der Waals surface area contributed by atoms with Crippen LogP contribution in [-0.2, 0) is 0 Å². The van der Waals surface area contributed by atoms with E-state index in [0.717, 1.165) is 0 Å². The van der Waals surface area contributed by atoms with Crippen molar-refractivity contribution in [2.75, 3.05) is 12.4 Å². The normalized spacial score (nSPS) is 11.8. The summed E-state index contributed by atoms with van der Waals surface area (Å²) in [6.07, 6.45) is 3.03. The number of halogens is 1. The molecule has 2 heterocycles. The molecule has 0 fully saturated rings. The number of pyridine rings is 2. The van der Waals surface area contributed by atoms with Gasteiger partial charge in [0.05, 0.1) is 17.3 Å². The number of hydrogen-bond acceptors (Lipinski definition) is 4. The van der Waals surface area contributed by atoms with Crippen molar-refractivity contribution >= 4 is 11.7 Å². The Bertz CT molecular complexity index is 603. The molecular weight excluding hydrogens is 259 g/mol. The fourth-order valence-corrected chi connectivity index (χ4v) is 1.77. The minimum Gasteiger partial charge on any atom is -0.371 e. The van der Waals surface area contributed by atoms with Crippen molar-refractivity contribution in [1.82, 2.24) is 15.3 Å². The lowest BCUT2D eigenvalue weighted by atomic mass is 10.1. The fourth-order valence-electron chi connectivity index (χ4n) is 1.77. The molecule has 0 bridgehead atoms. The minimum atomic E-state index is -0.666. The van der Waals surface area contributed by atoms with Gasteiger partial charge in [0.1, 0.15) is 0 Å².